The van der Waals surface area contributed by atoms with E-state index in [1.807, 2.05) is 40.0 Å². The number of pyridine rings is 1. The summed E-state index contributed by atoms with van der Waals surface area (Å²) in [5.74, 6) is 1.16. The maximum atomic E-state index is 13.1. The van der Waals surface area contributed by atoms with E-state index in [2.05, 4.69) is 31.7 Å². The number of alkyl halides is 3. The number of nitrogens with zero attached hydrogens (tertiary/aromatic N) is 6. The topological polar surface area (TPSA) is 75.6 Å². The molecule has 1 atom stereocenters. The molecule has 3 aromatic heterocycles. The third kappa shape index (κ3) is 7.33. The minimum Gasteiger partial charge on any atom is -0.354 e. The first-order valence-corrected chi connectivity index (χ1v) is 13.7. The van der Waals surface area contributed by atoms with E-state index < -0.39 is 11.7 Å². The van der Waals surface area contributed by atoms with E-state index in [0.717, 1.165) is 43.8 Å². The van der Waals surface area contributed by atoms with Crippen LogP contribution in [0.15, 0.2) is 36.8 Å². The Morgan fingerprint density at radius 2 is 1.69 bits per heavy atom. The van der Waals surface area contributed by atoms with Gasteiger partial charge in [-0.3, -0.25) is 14.4 Å². The molecule has 2 aliphatic rings. The first kappa shape index (κ1) is 29.9. The zero-order valence-electron chi connectivity index (χ0n) is 22.0. The smallest absolute Gasteiger partial charge is 0.354 e. The summed E-state index contributed by atoms with van der Waals surface area (Å²) in [5, 5.41) is 4.76. The third-order valence-corrected chi connectivity index (χ3v) is 5.72. The highest BCUT2D eigenvalue weighted by atomic mass is 32.2. The van der Waals surface area contributed by atoms with E-state index in [-0.39, 0.29) is 0 Å². The minimum absolute atomic E-state index is 0.367. The number of anilines is 1. The lowest BCUT2D eigenvalue weighted by Gasteiger charge is -2.40. The molecular formula is C25H38F3N7S. The lowest BCUT2D eigenvalue weighted by molar-refractivity contribution is -0.137. The van der Waals surface area contributed by atoms with Crippen LogP contribution in [0.3, 0.4) is 0 Å². The molecule has 0 bridgehead atoms. The molecule has 0 spiro atoms. The van der Waals surface area contributed by atoms with Gasteiger partial charge in [0.15, 0.2) is 5.82 Å². The van der Waals surface area contributed by atoms with Crippen LogP contribution in [0, 0.1) is 0 Å². The number of hydrogen-bond acceptors (Lipinski definition) is 7. The van der Waals surface area contributed by atoms with Crippen molar-refractivity contribution in [2.75, 3.05) is 30.8 Å². The Morgan fingerprint density at radius 1 is 1.03 bits per heavy atom. The van der Waals surface area contributed by atoms with Gasteiger partial charge in [0, 0.05) is 44.1 Å². The van der Waals surface area contributed by atoms with E-state index in [1.54, 1.807) is 6.20 Å². The Bertz CT molecular complexity index is 1070. The number of fused-ring (bicyclic) bond motifs is 1. The summed E-state index contributed by atoms with van der Waals surface area (Å²) >= 11 is 1.25. The second-order valence-corrected chi connectivity index (χ2v) is 8.50. The monoisotopic (exact) mass is 525 g/mol. The molecule has 11 heteroatoms. The molecule has 4 heterocycles. The summed E-state index contributed by atoms with van der Waals surface area (Å²) in [7, 11) is 0. The number of aromatic nitrogens is 4. The van der Waals surface area contributed by atoms with Gasteiger partial charge in [-0.2, -0.15) is 13.2 Å². The average Bonchev–Trinajstić information content (AvgIpc) is 3.64. The Kier molecular flexibility index (Phi) is 11.4. The van der Waals surface area contributed by atoms with Gasteiger partial charge >= 0.3 is 6.18 Å². The van der Waals surface area contributed by atoms with Gasteiger partial charge in [-0.15, -0.1) is 0 Å². The molecule has 0 radical (unpaired) electrons. The molecule has 1 aliphatic carbocycles. The largest absolute Gasteiger partial charge is 0.417 e. The number of piperazine rings is 1. The number of rotatable bonds is 3. The Morgan fingerprint density at radius 3 is 2.28 bits per heavy atom. The fraction of sp³-hybridized carbons (Fsp3) is 0.560. The molecule has 0 aromatic carbocycles. The van der Waals surface area contributed by atoms with Gasteiger partial charge in [0.25, 0.3) is 0 Å². The average molecular weight is 526 g/mol. The number of imidazole rings is 1. The Labute approximate surface area is 216 Å². The maximum absolute atomic E-state index is 13.1. The fourth-order valence-electron chi connectivity index (χ4n) is 4.09. The van der Waals surface area contributed by atoms with Crippen LogP contribution in [0.5, 0.6) is 0 Å². The molecule has 7 nitrogen and oxygen atoms in total. The zero-order valence-corrected chi connectivity index (χ0v) is 22.8. The van der Waals surface area contributed by atoms with Crippen molar-refractivity contribution in [2.45, 2.75) is 65.7 Å². The quantitative estimate of drug-likeness (QED) is 0.436. The van der Waals surface area contributed by atoms with Gasteiger partial charge in [0.05, 0.1) is 11.8 Å². The van der Waals surface area contributed by atoms with Crippen LogP contribution in [-0.4, -0.2) is 62.2 Å². The van der Waals surface area contributed by atoms with Gasteiger partial charge < -0.3 is 4.90 Å². The molecule has 0 amide bonds. The van der Waals surface area contributed by atoms with Crippen molar-refractivity contribution in [1.29, 1.82) is 0 Å². The summed E-state index contributed by atoms with van der Waals surface area (Å²) < 4.78 is 40.7. The highest BCUT2D eigenvalue weighted by molar-refractivity contribution is 7.96. The van der Waals surface area contributed by atoms with Crippen LogP contribution >= 0.6 is 11.9 Å². The summed E-state index contributed by atoms with van der Waals surface area (Å²) in [5.41, 5.74) is 0.136. The van der Waals surface area contributed by atoms with Crippen LogP contribution in [0.2, 0.25) is 0 Å². The van der Waals surface area contributed by atoms with E-state index in [4.69, 9.17) is 5.14 Å². The molecule has 5 rings (SSSR count). The van der Waals surface area contributed by atoms with Gasteiger partial charge in [-0.25, -0.2) is 15.0 Å². The molecule has 1 aliphatic heterocycles. The predicted octanol–water partition coefficient (Wildman–Crippen LogP) is 5.76. The first-order chi connectivity index (χ1) is 17.3. The van der Waals surface area contributed by atoms with E-state index in [9.17, 15) is 13.2 Å². The number of halogens is 3. The summed E-state index contributed by atoms with van der Waals surface area (Å²) in [6, 6.07) is 5.42. The Hall–Kier alpha value is -2.37. The van der Waals surface area contributed by atoms with Crippen LogP contribution in [-0.2, 0) is 6.18 Å². The number of hydrogen-bond donors (Lipinski definition) is 1. The van der Waals surface area contributed by atoms with Crippen LogP contribution in [0.1, 0.15) is 53.0 Å². The lowest BCUT2D eigenvalue weighted by Crippen LogP contribution is -2.53. The van der Waals surface area contributed by atoms with Crippen molar-refractivity contribution in [1.82, 2.24) is 24.3 Å². The predicted molar refractivity (Wildman–Crippen MR) is 143 cm³/mol. The summed E-state index contributed by atoms with van der Waals surface area (Å²) in [4.78, 5) is 17.9. The normalized spacial score (nSPS) is 17.8. The lowest BCUT2D eigenvalue weighted by atomic mass is 10.2. The molecule has 2 fully saturated rings. The van der Waals surface area contributed by atoms with Crippen LogP contribution in [0.4, 0.5) is 19.0 Å². The van der Waals surface area contributed by atoms with E-state index in [1.165, 1.54) is 41.5 Å². The van der Waals surface area contributed by atoms with Crippen molar-refractivity contribution in [3.05, 3.63) is 42.4 Å². The van der Waals surface area contributed by atoms with Crippen molar-refractivity contribution >= 4 is 23.4 Å². The minimum atomic E-state index is -4.42. The van der Waals surface area contributed by atoms with Crippen molar-refractivity contribution in [3.63, 3.8) is 0 Å². The molecular weight excluding hydrogens is 487 g/mol. The highest BCUT2D eigenvalue weighted by Crippen LogP contribution is 2.32. The van der Waals surface area contributed by atoms with Gasteiger partial charge in [0.2, 0.25) is 0 Å². The van der Waals surface area contributed by atoms with Crippen molar-refractivity contribution in [3.8, 4) is 11.5 Å². The number of nitrogens with two attached hydrogens (primary N) is 1. The van der Waals surface area contributed by atoms with E-state index in [0.29, 0.717) is 23.2 Å². The summed E-state index contributed by atoms with van der Waals surface area (Å²) in [6.45, 7) is 13.0. The Balaban J connectivity index is 0.000000596. The standard InChI is InChI=1S/C20H21F3N6.2C2H6.CH5NS/c1-13-11-27(8-9-28(13)15-3-4-15)18-6-7-24-19(26-18)16-10-25-17-5-2-14(12-29(16)17)20(21,22)23;2*1-2;1-3-2/h2,5-7,10,12-13,15H,3-4,8-9,11H2,1H3;2*1-2H3;2H2,1H3/t13-;;;/m0.../s1. The summed E-state index contributed by atoms with van der Waals surface area (Å²) in [6.07, 6.45) is 4.19. The van der Waals surface area contributed by atoms with Crippen LogP contribution in [0.25, 0.3) is 17.2 Å². The molecule has 1 saturated carbocycles. The van der Waals surface area contributed by atoms with Gasteiger partial charge in [0.1, 0.15) is 17.2 Å². The second kappa shape index (κ2) is 13.8. The molecule has 36 heavy (non-hydrogen) atoms. The maximum Gasteiger partial charge on any atom is 0.417 e. The van der Waals surface area contributed by atoms with Gasteiger partial charge in [-0.05, 0) is 44.2 Å². The molecule has 3 aromatic rings. The van der Waals surface area contributed by atoms with E-state index >= 15 is 0 Å². The first-order valence-electron chi connectivity index (χ1n) is 12.4. The SMILES string of the molecule is CC.CC.CSN.C[C@H]1CN(c2ccnc(-c3cnc4ccc(C(F)(F)F)cn34)n2)CCN1C1CC1. The molecule has 2 N–H and O–H groups in total. The van der Waals surface area contributed by atoms with Crippen molar-refractivity contribution in [2.24, 2.45) is 5.14 Å². The fourth-order valence-corrected chi connectivity index (χ4v) is 4.09. The highest BCUT2D eigenvalue weighted by Gasteiger charge is 2.35. The third-order valence-electron chi connectivity index (χ3n) is 5.72. The molecule has 0 unspecified atom stereocenters. The second-order valence-electron chi connectivity index (χ2n) is 8.03. The molecule has 1 saturated heterocycles. The van der Waals surface area contributed by atoms with Crippen LogP contribution < -0.4 is 10.0 Å². The zero-order chi connectivity index (χ0) is 26.9. The van der Waals surface area contributed by atoms with Crippen molar-refractivity contribution < 1.29 is 13.2 Å². The van der Waals surface area contributed by atoms with Gasteiger partial charge in [-0.1, -0.05) is 39.6 Å². The molecule has 200 valence electrons.